The summed E-state index contributed by atoms with van der Waals surface area (Å²) in [6.45, 7) is 1.74. The highest BCUT2D eigenvalue weighted by atomic mass is 16.8. The number of unbranched alkanes of at least 4 members (excludes halogenated alkanes) is 40. The summed E-state index contributed by atoms with van der Waals surface area (Å²) in [6.07, 6.45) is 49.1. The van der Waals surface area contributed by atoms with Crippen LogP contribution in [0.5, 0.6) is 0 Å². The SMILES string of the molecule is CC/C=C\C/C=C\C/C=C\C/C=C\CCCCCCCCCCCCCCCCCCCCCCC(=O)NC(COC1OC(CO)C(OC2OC(CO)C(OC3OC(CO)C(O)C(O)C3O)C(O)C2O)C(O)C1O)C(O)CCCCCCCCCCCCCCCCCCCCCCC. The highest BCUT2D eigenvalue weighted by Gasteiger charge is 2.54. The Kier molecular flexibility index (Phi) is 56.0. The fourth-order valence-electron chi connectivity index (χ4n) is 13.7. The zero-order valence-corrected chi connectivity index (χ0v) is 62.0. The minimum absolute atomic E-state index is 0.237. The van der Waals surface area contributed by atoms with Crippen molar-refractivity contribution < 1.29 is 89.4 Å². The molecule has 12 N–H and O–H groups in total. The van der Waals surface area contributed by atoms with Crippen LogP contribution in [0.1, 0.15) is 322 Å². The standard InChI is InChI=1S/C80H147NO18/c1-3-5-7-9-11-13-15-17-19-21-23-25-26-27-28-29-30-31-32-33-34-35-36-38-40-42-44-46-48-50-52-54-56-58-68(86)81-63(64(85)57-55-53-51-49-47-45-43-41-39-37-24-22-20-18-16-14-12-10-8-6-4-2)62-94-78-74(92)71(89)76(66(60-83)96-78)99-80-75(93)72(90)77(67(61-84)97-80)98-79-73(91)70(88)69(87)65(59-82)95-79/h5,7,11,13,17,19,23,25,63-67,69-80,82-85,87-93H,3-4,6,8-10,12,14-16,18,20-22,24,26-62H2,1-2H3,(H,81,86)/b7-5-,13-11-,19-17-,25-23-. The summed E-state index contributed by atoms with van der Waals surface area (Å²) >= 11 is 0. The van der Waals surface area contributed by atoms with Gasteiger partial charge in [0, 0.05) is 6.42 Å². The van der Waals surface area contributed by atoms with E-state index in [0.717, 1.165) is 70.6 Å². The molecule has 99 heavy (non-hydrogen) atoms. The number of carbonyl (C=O) groups is 1. The molecule has 0 aromatic carbocycles. The average Bonchev–Trinajstić information content (AvgIpc) is 0.761. The fourth-order valence-corrected chi connectivity index (χ4v) is 13.7. The van der Waals surface area contributed by atoms with Gasteiger partial charge in [0.1, 0.15) is 73.2 Å². The summed E-state index contributed by atoms with van der Waals surface area (Å²) in [4.78, 5) is 13.5. The van der Waals surface area contributed by atoms with Gasteiger partial charge < -0.3 is 89.9 Å². The van der Waals surface area contributed by atoms with E-state index in [2.05, 4.69) is 67.8 Å². The summed E-state index contributed by atoms with van der Waals surface area (Å²) in [6, 6.07) is -0.888. The molecule has 19 heteroatoms. The smallest absolute Gasteiger partial charge is 0.220 e. The molecule has 19 nitrogen and oxygen atoms in total. The van der Waals surface area contributed by atoms with E-state index >= 15 is 0 Å². The Bertz CT molecular complexity index is 1980. The first-order valence-corrected chi connectivity index (χ1v) is 40.4. The van der Waals surface area contributed by atoms with Crippen LogP contribution < -0.4 is 5.32 Å². The van der Waals surface area contributed by atoms with E-state index in [-0.39, 0.29) is 18.9 Å². The number of hydrogen-bond acceptors (Lipinski definition) is 18. The Labute approximate surface area is 599 Å². The maximum absolute atomic E-state index is 13.5. The molecule has 580 valence electrons. The molecule has 3 rings (SSSR count). The number of amides is 1. The molecule has 17 unspecified atom stereocenters. The predicted octanol–water partition coefficient (Wildman–Crippen LogP) is 13.3. The van der Waals surface area contributed by atoms with Gasteiger partial charge in [0.25, 0.3) is 0 Å². The number of ether oxygens (including phenoxy) is 6. The molecule has 3 aliphatic rings. The Morgan fingerprint density at radius 2 is 0.697 bits per heavy atom. The number of hydrogen-bond donors (Lipinski definition) is 12. The number of aliphatic hydroxyl groups excluding tert-OH is 11. The molecule has 0 spiro atoms. The molecule has 0 bridgehead atoms. The molecule has 0 aromatic heterocycles. The molecule has 0 radical (unpaired) electrons. The van der Waals surface area contributed by atoms with Crippen molar-refractivity contribution in [2.75, 3.05) is 26.4 Å². The normalized spacial score (nSPS) is 26.8. The zero-order valence-electron chi connectivity index (χ0n) is 62.0. The summed E-state index contributed by atoms with van der Waals surface area (Å²) in [5.74, 6) is -0.237. The molecule has 3 fully saturated rings. The molecule has 0 saturated carbocycles. The second-order valence-electron chi connectivity index (χ2n) is 28.9. The molecule has 17 atom stereocenters. The van der Waals surface area contributed by atoms with E-state index in [1.54, 1.807) is 0 Å². The largest absolute Gasteiger partial charge is 0.394 e. The van der Waals surface area contributed by atoms with E-state index < -0.39 is 124 Å². The maximum Gasteiger partial charge on any atom is 0.220 e. The first kappa shape index (κ1) is 91.0. The lowest BCUT2D eigenvalue weighted by atomic mass is 9.96. The van der Waals surface area contributed by atoms with Crippen LogP contribution in [0.4, 0.5) is 0 Å². The number of nitrogens with one attached hydrogen (secondary N) is 1. The van der Waals surface area contributed by atoms with Gasteiger partial charge in [-0.15, -0.1) is 0 Å². The Balaban J connectivity index is 1.34. The van der Waals surface area contributed by atoms with Crippen molar-refractivity contribution in [3.8, 4) is 0 Å². The average molecular weight is 1410 g/mol. The van der Waals surface area contributed by atoms with Gasteiger partial charge in [0.2, 0.25) is 5.91 Å². The maximum atomic E-state index is 13.5. The van der Waals surface area contributed by atoms with E-state index in [4.69, 9.17) is 28.4 Å². The Morgan fingerprint density at radius 1 is 0.374 bits per heavy atom. The molecule has 1 amide bonds. The first-order valence-electron chi connectivity index (χ1n) is 40.4. The topological polar surface area (TPSA) is 307 Å². The van der Waals surface area contributed by atoms with Crippen LogP contribution in [0, 0.1) is 0 Å². The predicted molar refractivity (Wildman–Crippen MR) is 392 cm³/mol. The number of allylic oxidation sites excluding steroid dienone is 8. The van der Waals surface area contributed by atoms with Gasteiger partial charge in [-0.05, 0) is 51.4 Å². The van der Waals surface area contributed by atoms with Crippen molar-refractivity contribution in [2.24, 2.45) is 0 Å². The van der Waals surface area contributed by atoms with Crippen molar-refractivity contribution in [1.29, 1.82) is 0 Å². The Hall–Kier alpha value is -2.25. The van der Waals surface area contributed by atoms with Crippen LogP contribution in [0.25, 0.3) is 0 Å². The third-order valence-corrected chi connectivity index (χ3v) is 20.2. The lowest BCUT2D eigenvalue weighted by Gasteiger charge is -2.48. The fraction of sp³-hybridized carbons (Fsp3) is 0.887. The monoisotopic (exact) mass is 1410 g/mol. The van der Waals surface area contributed by atoms with Crippen LogP contribution in [0.3, 0.4) is 0 Å². The van der Waals surface area contributed by atoms with Gasteiger partial charge in [-0.1, -0.05) is 313 Å². The second-order valence-corrected chi connectivity index (χ2v) is 28.9. The van der Waals surface area contributed by atoms with E-state index in [0.29, 0.717) is 12.8 Å². The van der Waals surface area contributed by atoms with Gasteiger partial charge in [0.15, 0.2) is 18.9 Å². The minimum atomic E-state index is -1.97. The van der Waals surface area contributed by atoms with Gasteiger partial charge in [-0.25, -0.2) is 0 Å². The molecular formula is C80H147NO18. The van der Waals surface area contributed by atoms with Crippen molar-refractivity contribution in [3.63, 3.8) is 0 Å². The zero-order chi connectivity index (χ0) is 71.8. The molecule has 0 aliphatic carbocycles. The molecule has 3 heterocycles. The van der Waals surface area contributed by atoms with Gasteiger partial charge in [-0.3, -0.25) is 4.79 Å². The molecule has 3 saturated heterocycles. The lowest BCUT2D eigenvalue weighted by molar-refractivity contribution is -0.379. The van der Waals surface area contributed by atoms with Crippen LogP contribution in [-0.2, 0) is 33.2 Å². The molecular weight excluding hydrogens is 1260 g/mol. The van der Waals surface area contributed by atoms with Crippen LogP contribution in [0.15, 0.2) is 48.6 Å². The van der Waals surface area contributed by atoms with Crippen molar-refractivity contribution in [2.45, 2.75) is 426 Å². The summed E-state index contributed by atoms with van der Waals surface area (Å²) < 4.78 is 34.5. The molecule has 0 aromatic rings. The van der Waals surface area contributed by atoms with Gasteiger partial charge >= 0.3 is 0 Å². The third kappa shape index (κ3) is 41.3. The van der Waals surface area contributed by atoms with Gasteiger partial charge in [-0.2, -0.15) is 0 Å². The quantitative estimate of drug-likeness (QED) is 0.0199. The third-order valence-electron chi connectivity index (χ3n) is 20.2. The molecule has 3 aliphatic heterocycles. The van der Waals surface area contributed by atoms with Gasteiger partial charge in [0.05, 0.1) is 38.6 Å². The van der Waals surface area contributed by atoms with Crippen LogP contribution >= 0.6 is 0 Å². The number of carbonyl (C=O) groups excluding carboxylic acids is 1. The van der Waals surface area contributed by atoms with Crippen molar-refractivity contribution >= 4 is 5.91 Å². The summed E-state index contributed by atoms with van der Waals surface area (Å²) in [5, 5.41) is 121. The highest BCUT2D eigenvalue weighted by molar-refractivity contribution is 5.76. The highest BCUT2D eigenvalue weighted by Crippen LogP contribution is 2.33. The van der Waals surface area contributed by atoms with Crippen molar-refractivity contribution in [3.05, 3.63) is 48.6 Å². The van der Waals surface area contributed by atoms with Crippen LogP contribution in [-0.4, -0.2) is 193 Å². The van der Waals surface area contributed by atoms with Crippen LogP contribution in [0.2, 0.25) is 0 Å². The summed E-state index contributed by atoms with van der Waals surface area (Å²) in [5.41, 5.74) is 0. The second kappa shape index (κ2) is 61.0. The number of rotatable bonds is 64. The summed E-state index contributed by atoms with van der Waals surface area (Å²) in [7, 11) is 0. The van der Waals surface area contributed by atoms with E-state index in [1.165, 1.54) is 218 Å². The first-order chi connectivity index (χ1) is 48.3. The minimum Gasteiger partial charge on any atom is -0.394 e. The number of aliphatic hydroxyl groups is 11. The van der Waals surface area contributed by atoms with E-state index in [1.807, 2.05) is 0 Å². The van der Waals surface area contributed by atoms with E-state index in [9.17, 15) is 61.0 Å². The lowest BCUT2D eigenvalue weighted by Crippen LogP contribution is -2.66. The van der Waals surface area contributed by atoms with Crippen molar-refractivity contribution in [1.82, 2.24) is 5.32 Å². The Morgan fingerprint density at radius 3 is 1.09 bits per heavy atom.